The first kappa shape index (κ1) is 8.71. The topological polar surface area (TPSA) is 45.5 Å². The molecule has 1 N–H and O–H groups in total. The van der Waals surface area contributed by atoms with Gasteiger partial charge in [-0.05, 0) is 25.5 Å². The lowest BCUT2D eigenvalue weighted by molar-refractivity contribution is 0.318. The molecule has 1 rings (SSSR count). The third-order valence-electron chi connectivity index (χ3n) is 1.69. The average Bonchev–Trinajstić information content (AvgIpc) is 2.07. The van der Waals surface area contributed by atoms with Crippen LogP contribution in [-0.2, 0) is 0 Å². The molecule has 12 heavy (non-hydrogen) atoms. The lowest BCUT2D eigenvalue weighted by Gasteiger charge is -2.00. The Morgan fingerprint density at radius 3 is 2.92 bits per heavy atom. The molecule has 0 unspecified atom stereocenters. The molecule has 64 valence electrons. The summed E-state index contributed by atoms with van der Waals surface area (Å²) in [5.74, 6) is 0. The van der Waals surface area contributed by atoms with Crippen molar-refractivity contribution in [2.24, 2.45) is 5.16 Å². The van der Waals surface area contributed by atoms with Crippen molar-refractivity contribution in [2.45, 2.75) is 20.3 Å². The van der Waals surface area contributed by atoms with Crippen LogP contribution in [-0.4, -0.2) is 15.9 Å². The van der Waals surface area contributed by atoms with Crippen LogP contribution in [0, 0.1) is 6.92 Å². The average molecular weight is 164 g/mol. The highest BCUT2D eigenvalue weighted by Crippen LogP contribution is 2.04. The van der Waals surface area contributed by atoms with Crippen molar-refractivity contribution in [1.29, 1.82) is 0 Å². The summed E-state index contributed by atoms with van der Waals surface area (Å²) in [7, 11) is 0. The Bertz CT molecular complexity index is 294. The van der Waals surface area contributed by atoms with Gasteiger partial charge in [-0.1, -0.05) is 12.1 Å². The van der Waals surface area contributed by atoms with E-state index in [-0.39, 0.29) is 0 Å². The Kier molecular flexibility index (Phi) is 2.80. The van der Waals surface area contributed by atoms with Crippen LogP contribution in [0.4, 0.5) is 0 Å². The largest absolute Gasteiger partial charge is 0.411 e. The van der Waals surface area contributed by atoms with E-state index >= 15 is 0 Å². The molecular formula is C9H12N2O. The lowest BCUT2D eigenvalue weighted by atomic mass is 10.1. The van der Waals surface area contributed by atoms with E-state index in [0.717, 1.165) is 17.7 Å². The molecule has 0 aromatic carbocycles. The molecule has 0 aliphatic carbocycles. The van der Waals surface area contributed by atoms with E-state index in [9.17, 15) is 0 Å². The highest BCUT2D eigenvalue weighted by molar-refractivity contribution is 5.99. The number of pyridine rings is 1. The van der Waals surface area contributed by atoms with Gasteiger partial charge in [0.15, 0.2) is 0 Å². The van der Waals surface area contributed by atoms with Crippen molar-refractivity contribution in [1.82, 2.24) is 4.98 Å². The molecule has 0 bridgehead atoms. The van der Waals surface area contributed by atoms with Crippen molar-refractivity contribution in [3.05, 3.63) is 29.6 Å². The molecule has 0 aliphatic rings. The highest BCUT2D eigenvalue weighted by Gasteiger charge is 2.00. The van der Waals surface area contributed by atoms with Crippen molar-refractivity contribution >= 4 is 5.71 Å². The maximum atomic E-state index is 8.64. The predicted molar refractivity (Wildman–Crippen MR) is 47.6 cm³/mol. The quantitative estimate of drug-likeness (QED) is 0.412. The number of hydrogen-bond donors (Lipinski definition) is 1. The number of rotatable bonds is 2. The molecule has 0 aliphatic heterocycles. The first-order valence-corrected chi connectivity index (χ1v) is 3.92. The molecule has 0 saturated heterocycles. The molecule has 3 nitrogen and oxygen atoms in total. The fourth-order valence-electron chi connectivity index (χ4n) is 1.06. The van der Waals surface area contributed by atoms with Crippen LogP contribution >= 0.6 is 0 Å². The van der Waals surface area contributed by atoms with Crippen LogP contribution in [0.15, 0.2) is 23.5 Å². The van der Waals surface area contributed by atoms with E-state index < -0.39 is 0 Å². The zero-order chi connectivity index (χ0) is 8.97. The minimum atomic E-state index is 0.695. The minimum Gasteiger partial charge on any atom is -0.411 e. The highest BCUT2D eigenvalue weighted by atomic mass is 16.4. The Balaban J connectivity index is 3.02. The van der Waals surface area contributed by atoms with Gasteiger partial charge in [-0.25, -0.2) is 0 Å². The summed E-state index contributed by atoms with van der Waals surface area (Å²) in [6.07, 6.45) is 2.44. The first-order valence-electron chi connectivity index (χ1n) is 3.92. The van der Waals surface area contributed by atoms with E-state index in [1.807, 2.05) is 26.0 Å². The Morgan fingerprint density at radius 1 is 1.67 bits per heavy atom. The van der Waals surface area contributed by atoms with Crippen molar-refractivity contribution in [2.75, 3.05) is 0 Å². The smallest absolute Gasteiger partial charge is 0.0866 e. The zero-order valence-electron chi connectivity index (χ0n) is 7.28. The van der Waals surface area contributed by atoms with Crippen LogP contribution in [0.5, 0.6) is 0 Å². The lowest BCUT2D eigenvalue weighted by Crippen LogP contribution is -1.99. The predicted octanol–water partition coefficient (Wildman–Crippen LogP) is 1.98. The molecule has 0 amide bonds. The molecular weight excluding hydrogens is 152 g/mol. The molecule has 1 heterocycles. The monoisotopic (exact) mass is 164 g/mol. The van der Waals surface area contributed by atoms with Crippen LogP contribution < -0.4 is 0 Å². The third-order valence-corrected chi connectivity index (χ3v) is 1.69. The van der Waals surface area contributed by atoms with Crippen molar-refractivity contribution < 1.29 is 5.21 Å². The van der Waals surface area contributed by atoms with Gasteiger partial charge in [-0.3, -0.25) is 4.98 Å². The van der Waals surface area contributed by atoms with Crippen LogP contribution in [0.25, 0.3) is 0 Å². The Labute approximate surface area is 71.8 Å². The number of oxime groups is 1. The van der Waals surface area contributed by atoms with Gasteiger partial charge in [0.05, 0.1) is 5.71 Å². The van der Waals surface area contributed by atoms with Crippen molar-refractivity contribution in [3.63, 3.8) is 0 Å². The van der Waals surface area contributed by atoms with E-state index in [4.69, 9.17) is 5.21 Å². The normalized spacial score (nSPS) is 11.7. The van der Waals surface area contributed by atoms with E-state index in [1.165, 1.54) is 0 Å². The molecule has 0 spiro atoms. The zero-order valence-corrected chi connectivity index (χ0v) is 7.28. The summed E-state index contributed by atoms with van der Waals surface area (Å²) in [5.41, 5.74) is 2.56. The summed E-state index contributed by atoms with van der Waals surface area (Å²) < 4.78 is 0. The number of aromatic nitrogens is 1. The van der Waals surface area contributed by atoms with Crippen LogP contribution in [0.1, 0.15) is 24.6 Å². The van der Waals surface area contributed by atoms with Gasteiger partial charge in [0.1, 0.15) is 0 Å². The summed E-state index contributed by atoms with van der Waals surface area (Å²) in [5, 5.41) is 11.8. The second-order valence-electron chi connectivity index (χ2n) is 2.59. The van der Waals surface area contributed by atoms with Gasteiger partial charge in [0.25, 0.3) is 0 Å². The van der Waals surface area contributed by atoms with Crippen LogP contribution in [0.2, 0.25) is 0 Å². The summed E-state index contributed by atoms with van der Waals surface area (Å²) >= 11 is 0. The fraction of sp³-hybridized carbons (Fsp3) is 0.333. The molecule has 0 saturated carbocycles. The number of nitrogens with zero attached hydrogens (tertiary/aromatic N) is 2. The third kappa shape index (κ3) is 1.81. The molecule has 3 heteroatoms. The first-order chi connectivity index (χ1) is 5.77. The fourth-order valence-corrected chi connectivity index (χ4v) is 1.06. The second kappa shape index (κ2) is 3.85. The van der Waals surface area contributed by atoms with Crippen molar-refractivity contribution in [3.8, 4) is 0 Å². The molecule has 0 atom stereocenters. The van der Waals surface area contributed by atoms with Gasteiger partial charge in [-0.2, -0.15) is 0 Å². The van der Waals surface area contributed by atoms with Gasteiger partial charge in [-0.15, -0.1) is 0 Å². The maximum absolute atomic E-state index is 8.64. The summed E-state index contributed by atoms with van der Waals surface area (Å²) in [6.45, 7) is 3.86. The molecule has 0 radical (unpaired) electrons. The number of aryl methyl sites for hydroxylation is 1. The van der Waals surface area contributed by atoms with Gasteiger partial charge in [0, 0.05) is 17.5 Å². The standard InChI is InChI=1S/C9H12N2O/c1-3-9(11-12)8-4-5-10-7(2)6-8/h4-6,12H,3H2,1-2H3. The Morgan fingerprint density at radius 2 is 2.42 bits per heavy atom. The van der Waals surface area contributed by atoms with Gasteiger partial charge >= 0.3 is 0 Å². The minimum absolute atomic E-state index is 0.695. The second-order valence-corrected chi connectivity index (χ2v) is 2.59. The summed E-state index contributed by atoms with van der Waals surface area (Å²) in [4.78, 5) is 4.05. The van der Waals surface area contributed by atoms with E-state index in [2.05, 4.69) is 10.1 Å². The van der Waals surface area contributed by atoms with E-state index in [1.54, 1.807) is 6.20 Å². The molecule has 1 aromatic rings. The summed E-state index contributed by atoms with van der Waals surface area (Å²) in [6, 6.07) is 3.74. The molecule has 1 aromatic heterocycles. The Hall–Kier alpha value is -1.38. The molecule has 0 fully saturated rings. The van der Waals surface area contributed by atoms with Gasteiger partial charge < -0.3 is 5.21 Å². The van der Waals surface area contributed by atoms with Crippen LogP contribution in [0.3, 0.4) is 0 Å². The van der Waals surface area contributed by atoms with E-state index in [0.29, 0.717) is 5.71 Å². The number of hydrogen-bond acceptors (Lipinski definition) is 3. The maximum Gasteiger partial charge on any atom is 0.0866 e. The SMILES string of the molecule is CCC(=NO)c1ccnc(C)c1. The van der Waals surface area contributed by atoms with Gasteiger partial charge in [0.2, 0.25) is 0 Å².